The molecule has 1 amide bonds. The van der Waals surface area contributed by atoms with Gasteiger partial charge in [-0.15, -0.1) is 0 Å². The van der Waals surface area contributed by atoms with Crippen LogP contribution < -0.4 is 16.6 Å². The lowest BCUT2D eigenvalue weighted by Crippen LogP contribution is -2.46. The minimum Gasteiger partial charge on any atom is -0.464 e. The van der Waals surface area contributed by atoms with Gasteiger partial charge in [-0.3, -0.25) is 5.43 Å². The summed E-state index contributed by atoms with van der Waals surface area (Å²) in [7, 11) is 0. The van der Waals surface area contributed by atoms with Gasteiger partial charge < -0.3 is 10.8 Å². The smallest absolute Gasteiger partial charge is 0.419 e. The second kappa shape index (κ2) is 4.27. The van der Waals surface area contributed by atoms with Crippen molar-refractivity contribution in [3.8, 4) is 0 Å². The number of hydrogen-bond acceptors (Lipinski definition) is 3. The van der Waals surface area contributed by atoms with Gasteiger partial charge in [0.1, 0.15) is 0 Å². The topological polar surface area (TPSA) is 87.4 Å². The Hall–Kier alpha value is -0.810. The Morgan fingerprint density at radius 1 is 1.33 bits per heavy atom. The fraction of sp³-hybridized carbons (Fsp3) is 0.857. The van der Waals surface area contributed by atoms with Gasteiger partial charge in [0.2, 0.25) is 0 Å². The first-order chi connectivity index (χ1) is 5.68. The third kappa shape index (κ3) is 3.06. The maximum absolute atomic E-state index is 10.1. The lowest BCUT2D eigenvalue weighted by atomic mass is 9.92. The van der Waals surface area contributed by atoms with Crippen LogP contribution in [0, 0.1) is 0 Å². The molecular weight excluding hydrogens is 158 g/mol. The largest absolute Gasteiger partial charge is 0.464 e. The van der Waals surface area contributed by atoms with Gasteiger partial charge in [-0.1, -0.05) is 0 Å². The van der Waals surface area contributed by atoms with E-state index in [1.165, 1.54) is 0 Å². The standard InChI is InChI=1S/C7H15N3O2/c8-5-1-3-6(4-2-5)9-10-7(11)12/h5-6,9-10H,1-4,8H2,(H,11,12). The van der Waals surface area contributed by atoms with E-state index in [-0.39, 0.29) is 6.04 Å². The Balaban J connectivity index is 2.13. The normalized spacial score (nSPS) is 29.8. The molecule has 0 aromatic heterocycles. The summed E-state index contributed by atoms with van der Waals surface area (Å²) in [6, 6.07) is 0.550. The summed E-state index contributed by atoms with van der Waals surface area (Å²) < 4.78 is 0. The summed E-state index contributed by atoms with van der Waals surface area (Å²) in [6.07, 6.45) is 2.80. The number of carbonyl (C=O) groups is 1. The lowest BCUT2D eigenvalue weighted by Gasteiger charge is -2.26. The van der Waals surface area contributed by atoms with E-state index >= 15 is 0 Å². The number of amides is 1. The van der Waals surface area contributed by atoms with Crippen molar-refractivity contribution in [1.29, 1.82) is 0 Å². The van der Waals surface area contributed by atoms with Crippen molar-refractivity contribution in [2.75, 3.05) is 0 Å². The number of nitrogens with two attached hydrogens (primary N) is 1. The Labute approximate surface area is 71.3 Å². The highest BCUT2D eigenvalue weighted by atomic mass is 16.4. The molecule has 0 unspecified atom stereocenters. The van der Waals surface area contributed by atoms with Gasteiger partial charge in [0.25, 0.3) is 0 Å². The zero-order valence-electron chi connectivity index (χ0n) is 6.92. The minimum absolute atomic E-state index is 0.251. The van der Waals surface area contributed by atoms with Crippen LogP contribution in [0.15, 0.2) is 0 Å². The van der Waals surface area contributed by atoms with E-state index in [1.54, 1.807) is 0 Å². The monoisotopic (exact) mass is 173 g/mol. The van der Waals surface area contributed by atoms with Crippen LogP contribution in [0.5, 0.6) is 0 Å². The van der Waals surface area contributed by atoms with E-state index in [9.17, 15) is 4.79 Å². The first kappa shape index (κ1) is 9.28. The van der Waals surface area contributed by atoms with Crippen LogP contribution in [0.2, 0.25) is 0 Å². The van der Waals surface area contributed by atoms with E-state index in [0.29, 0.717) is 6.04 Å². The van der Waals surface area contributed by atoms with Crippen molar-refractivity contribution in [3.63, 3.8) is 0 Å². The third-order valence-electron chi connectivity index (χ3n) is 2.16. The Morgan fingerprint density at radius 3 is 2.42 bits per heavy atom. The van der Waals surface area contributed by atoms with Crippen molar-refractivity contribution in [1.82, 2.24) is 10.9 Å². The van der Waals surface area contributed by atoms with Crippen LogP contribution >= 0.6 is 0 Å². The Kier molecular flexibility index (Phi) is 3.31. The fourth-order valence-corrected chi connectivity index (χ4v) is 1.43. The van der Waals surface area contributed by atoms with E-state index in [2.05, 4.69) is 10.9 Å². The van der Waals surface area contributed by atoms with Gasteiger partial charge in [-0.05, 0) is 25.7 Å². The molecule has 0 spiro atoms. The SMILES string of the molecule is NC1CCC(NNC(=O)O)CC1. The highest BCUT2D eigenvalue weighted by Gasteiger charge is 2.18. The number of hydrogen-bond donors (Lipinski definition) is 4. The molecule has 0 aromatic rings. The van der Waals surface area contributed by atoms with Crippen LogP contribution in [-0.2, 0) is 0 Å². The molecule has 70 valence electrons. The average Bonchev–Trinajstić information content (AvgIpc) is 2.03. The van der Waals surface area contributed by atoms with Crippen LogP contribution in [0.3, 0.4) is 0 Å². The van der Waals surface area contributed by atoms with Crippen LogP contribution in [0.25, 0.3) is 0 Å². The summed E-state index contributed by atoms with van der Waals surface area (Å²) in [5.74, 6) is 0. The first-order valence-corrected chi connectivity index (χ1v) is 4.18. The van der Waals surface area contributed by atoms with Crippen molar-refractivity contribution < 1.29 is 9.90 Å². The van der Waals surface area contributed by atoms with Crippen LogP contribution in [-0.4, -0.2) is 23.3 Å². The van der Waals surface area contributed by atoms with Gasteiger partial charge >= 0.3 is 6.09 Å². The number of hydrazine groups is 1. The molecule has 0 radical (unpaired) electrons. The molecular formula is C7H15N3O2. The first-order valence-electron chi connectivity index (χ1n) is 4.18. The summed E-state index contributed by atoms with van der Waals surface area (Å²) >= 11 is 0. The third-order valence-corrected chi connectivity index (χ3v) is 2.16. The maximum atomic E-state index is 10.1. The predicted molar refractivity (Wildman–Crippen MR) is 44.5 cm³/mol. The molecule has 1 aliphatic rings. The number of carboxylic acid groups (broad SMARTS) is 1. The van der Waals surface area contributed by atoms with E-state index in [4.69, 9.17) is 10.8 Å². The van der Waals surface area contributed by atoms with E-state index in [0.717, 1.165) is 25.7 Å². The summed E-state index contributed by atoms with van der Waals surface area (Å²) in [5.41, 5.74) is 10.6. The molecule has 0 aromatic carbocycles. The van der Waals surface area contributed by atoms with Gasteiger partial charge in [0, 0.05) is 12.1 Å². The molecule has 1 saturated carbocycles. The molecule has 5 nitrogen and oxygen atoms in total. The highest BCUT2D eigenvalue weighted by Crippen LogP contribution is 2.15. The minimum atomic E-state index is -1.04. The molecule has 1 rings (SSSR count). The maximum Gasteiger partial charge on any atom is 0.419 e. The molecule has 0 aliphatic heterocycles. The number of nitrogens with one attached hydrogen (secondary N) is 2. The summed E-state index contributed by atoms with van der Waals surface area (Å²) in [6.45, 7) is 0. The number of rotatable bonds is 2. The summed E-state index contributed by atoms with van der Waals surface area (Å²) in [5, 5.41) is 8.30. The predicted octanol–water partition coefficient (Wildman–Crippen LogP) is 0.0285. The van der Waals surface area contributed by atoms with Crippen LogP contribution in [0.1, 0.15) is 25.7 Å². The highest BCUT2D eigenvalue weighted by molar-refractivity contribution is 5.63. The zero-order chi connectivity index (χ0) is 8.97. The van der Waals surface area contributed by atoms with Crippen LogP contribution in [0.4, 0.5) is 4.79 Å². The average molecular weight is 173 g/mol. The summed E-state index contributed by atoms with van der Waals surface area (Å²) in [4.78, 5) is 10.1. The molecule has 1 aliphatic carbocycles. The van der Waals surface area contributed by atoms with E-state index < -0.39 is 6.09 Å². The zero-order valence-corrected chi connectivity index (χ0v) is 6.92. The second-order valence-electron chi connectivity index (χ2n) is 3.19. The molecule has 5 heteroatoms. The molecule has 0 saturated heterocycles. The molecule has 5 N–H and O–H groups in total. The quantitative estimate of drug-likeness (QED) is 0.444. The molecule has 0 bridgehead atoms. The fourth-order valence-electron chi connectivity index (χ4n) is 1.43. The van der Waals surface area contributed by atoms with Crippen molar-refractivity contribution in [3.05, 3.63) is 0 Å². The van der Waals surface area contributed by atoms with Gasteiger partial charge in [0.15, 0.2) is 0 Å². The lowest BCUT2D eigenvalue weighted by molar-refractivity contribution is 0.183. The molecule has 12 heavy (non-hydrogen) atoms. The molecule has 1 fully saturated rings. The van der Waals surface area contributed by atoms with Crippen molar-refractivity contribution >= 4 is 6.09 Å². The second-order valence-corrected chi connectivity index (χ2v) is 3.19. The van der Waals surface area contributed by atoms with Gasteiger partial charge in [-0.25, -0.2) is 10.2 Å². The molecule has 0 atom stereocenters. The van der Waals surface area contributed by atoms with E-state index in [1.807, 2.05) is 0 Å². The van der Waals surface area contributed by atoms with Crippen molar-refractivity contribution in [2.24, 2.45) is 5.73 Å². The Bertz CT molecular complexity index is 155. The van der Waals surface area contributed by atoms with Gasteiger partial charge in [0.05, 0.1) is 0 Å². The molecule has 0 heterocycles. The van der Waals surface area contributed by atoms with Gasteiger partial charge in [-0.2, -0.15) is 0 Å². The Morgan fingerprint density at radius 2 is 1.92 bits per heavy atom. The van der Waals surface area contributed by atoms with Crippen molar-refractivity contribution in [2.45, 2.75) is 37.8 Å².